The normalized spacial score (nSPS) is 18.1. The van der Waals surface area contributed by atoms with E-state index in [-0.39, 0.29) is 17.8 Å². The Morgan fingerprint density at radius 1 is 1.00 bits per heavy atom. The second-order valence-electron chi connectivity index (χ2n) is 7.95. The third-order valence-electron chi connectivity index (χ3n) is 4.52. The van der Waals surface area contributed by atoms with E-state index < -0.39 is 8.80 Å². The van der Waals surface area contributed by atoms with E-state index in [1.54, 1.807) is 0 Å². The number of hydrogen-bond donors (Lipinski definition) is 1. The Hall–Kier alpha value is 0.0569. The van der Waals surface area contributed by atoms with E-state index in [1.807, 2.05) is 0 Å². The molecule has 2 N–H and O–H groups in total. The lowest BCUT2D eigenvalue weighted by Crippen LogP contribution is -2.56. The van der Waals surface area contributed by atoms with E-state index in [4.69, 9.17) is 19.0 Å². The fraction of sp³-hybridized carbons (Fsp3) is 1.00. The quantitative estimate of drug-likeness (QED) is 0.592. The summed E-state index contributed by atoms with van der Waals surface area (Å²) in [6, 6.07) is 0.802. The highest BCUT2D eigenvalue weighted by atomic mass is 28.4. The van der Waals surface area contributed by atoms with Crippen LogP contribution in [0.4, 0.5) is 0 Å². The minimum Gasteiger partial charge on any atom is -0.371 e. The third kappa shape index (κ3) is 7.22. The molecule has 0 saturated heterocycles. The predicted molar refractivity (Wildman–Crippen MR) is 98.4 cm³/mol. The van der Waals surface area contributed by atoms with Gasteiger partial charge in [0.15, 0.2) is 0 Å². The molecular weight excluding hydrogens is 306 g/mol. The van der Waals surface area contributed by atoms with Gasteiger partial charge in [-0.3, -0.25) is 0 Å². The summed E-state index contributed by atoms with van der Waals surface area (Å²) in [5.74, 6) is 0.590. The average molecular weight is 346 g/mol. The summed E-state index contributed by atoms with van der Waals surface area (Å²) >= 11 is 0. The summed E-state index contributed by atoms with van der Waals surface area (Å²) in [5.41, 5.74) is 5.56. The van der Waals surface area contributed by atoms with Crippen LogP contribution in [0.1, 0.15) is 80.1 Å². The average Bonchev–Trinajstić information content (AvgIpc) is 2.44. The van der Waals surface area contributed by atoms with Crippen LogP contribution in [0.25, 0.3) is 0 Å². The van der Waals surface area contributed by atoms with Gasteiger partial charge in [0.05, 0.1) is 5.60 Å². The Kier molecular flexibility index (Phi) is 8.73. The van der Waals surface area contributed by atoms with Crippen molar-refractivity contribution in [3.8, 4) is 0 Å². The van der Waals surface area contributed by atoms with E-state index in [2.05, 4.69) is 41.5 Å². The van der Waals surface area contributed by atoms with Crippen LogP contribution in [0.5, 0.6) is 0 Å². The van der Waals surface area contributed by atoms with Crippen LogP contribution in [-0.2, 0) is 13.3 Å². The fourth-order valence-corrected chi connectivity index (χ4v) is 7.09. The molecule has 1 aliphatic rings. The molecule has 1 aliphatic carbocycles. The molecule has 0 aromatic rings. The van der Waals surface area contributed by atoms with E-state index in [0.717, 1.165) is 12.5 Å². The molecule has 23 heavy (non-hydrogen) atoms. The maximum Gasteiger partial charge on any atom is 0.501 e. The molecule has 0 radical (unpaired) electrons. The number of nitrogens with two attached hydrogens (primary N) is 1. The molecule has 0 atom stereocenters. The first-order chi connectivity index (χ1) is 10.7. The van der Waals surface area contributed by atoms with Gasteiger partial charge in [0.25, 0.3) is 0 Å². The highest BCUT2D eigenvalue weighted by molar-refractivity contribution is 6.61. The number of hydrogen-bond acceptors (Lipinski definition) is 4. The lowest BCUT2D eigenvalue weighted by Gasteiger charge is -2.44. The lowest BCUT2D eigenvalue weighted by atomic mass is 9.79. The molecule has 0 aromatic heterocycles. The van der Waals surface area contributed by atoms with E-state index >= 15 is 0 Å². The largest absolute Gasteiger partial charge is 0.501 e. The van der Waals surface area contributed by atoms with Crippen LogP contribution < -0.4 is 5.73 Å². The highest BCUT2D eigenvalue weighted by Crippen LogP contribution is 2.38. The third-order valence-corrected chi connectivity index (χ3v) is 7.99. The van der Waals surface area contributed by atoms with Crippen LogP contribution in [0.3, 0.4) is 0 Å². The molecule has 0 unspecified atom stereocenters. The van der Waals surface area contributed by atoms with E-state index in [1.165, 1.54) is 32.1 Å². The van der Waals surface area contributed by atoms with Crippen molar-refractivity contribution in [2.24, 2.45) is 11.7 Å². The molecular formula is C18H39NO3Si. The van der Waals surface area contributed by atoms with Gasteiger partial charge >= 0.3 is 8.80 Å². The molecule has 1 rings (SSSR count). The molecule has 0 aliphatic heterocycles. The van der Waals surface area contributed by atoms with Gasteiger partial charge in [0.2, 0.25) is 0 Å². The molecule has 0 aromatic carbocycles. The summed E-state index contributed by atoms with van der Waals surface area (Å²) in [4.78, 5) is 0. The minimum absolute atomic E-state index is 0.0975. The van der Waals surface area contributed by atoms with E-state index in [0.29, 0.717) is 12.5 Å². The van der Waals surface area contributed by atoms with Gasteiger partial charge in [-0.05, 0) is 73.3 Å². The van der Waals surface area contributed by atoms with Crippen molar-refractivity contribution < 1.29 is 13.3 Å². The van der Waals surface area contributed by atoms with Crippen molar-refractivity contribution in [1.29, 1.82) is 0 Å². The molecule has 1 fully saturated rings. The van der Waals surface area contributed by atoms with Gasteiger partial charge in [-0.25, -0.2) is 0 Å². The summed E-state index contributed by atoms with van der Waals surface area (Å²) in [5, 5.41) is 0. The number of rotatable bonds is 10. The van der Waals surface area contributed by atoms with Crippen molar-refractivity contribution in [1.82, 2.24) is 0 Å². The van der Waals surface area contributed by atoms with Crippen molar-refractivity contribution in [2.45, 2.75) is 104 Å². The maximum absolute atomic E-state index is 6.73. The first-order valence-electron chi connectivity index (χ1n) is 9.46. The minimum atomic E-state index is -2.74. The Morgan fingerprint density at radius 2 is 1.52 bits per heavy atom. The highest BCUT2D eigenvalue weighted by Gasteiger charge is 2.48. The molecule has 0 spiro atoms. The lowest BCUT2D eigenvalue weighted by molar-refractivity contribution is -0.0687. The monoisotopic (exact) mass is 345 g/mol. The smallest absolute Gasteiger partial charge is 0.371 e. The van der Waals surface area contributed by atoms with Gasteiger partial charge in [0.1, 0.15) is 0 Å². The van der Waals surface area contributed by atoms with Crippen LogP contribution in [0, 0.1) is 5.92 Å². The van der Waals surface area contributed by atoms with Crippen molar-refractivity contribution in [2.75, 3.05) is 6.54 Å². The summed E-state index contributed by atoms with van der Waals surface area (Å²) in [6.07, 6.45) is 7.55. The zero-order valence-corrected chi connectivity index (χ0v) is 17.2. The van der Waals surface area contributed by atoms with Gasteiger partial charge in [-0.15, -0.1) is 0 Å². The molecule has 0 amide bonds. The topological polar surface area (TPSA) is 53.7 Å². The fourth-order valence-electron chi connectivity index (χ4n) is 3.56. The Labute approximate surface area is 144 Å². The Bertz CT molecular complexity index is 318. The summed E-state index contributed by atoms with van der Waals surface area (Å²) in [7, 11) is -2.74. The van der Waals surface area contributed by atoms with Crippen LogP contribution in [0.2, 0.25) is 6.04 Å². The standard InChI is InChI=1S/C18H39NO3Si/c1-15(2)20-23(14-10-13-19,21-16(3)4)22-18(5,6)17-11-8-7-9-12-17/h15-17H,7-14,19H2,1-6H3. The first kappa shape index (κ1) is 21.1. The second-order valence-corrected chi connectivity index (χ2v) is 10.5. The zero-order valence-electron chi connectivity index (χ0n) is 16.2. The second kappa shape index (κ2) is 9.52. The van der Waals surface area contributed by atoms with E-state index in [9.17, 15) is 0 Å². The first-order valence-corrected chi connectivity index (χ1v) is 11.4. The van der Waals surface area contributed by atoms with Gasteiger partial charge in [-0.2, -0.15) is 0 Å². The SMILES string of the molecule is CC(C)O[Si](CCCN)(OC(C)C)OC(C)(C)C1CCCCC1. The van der Waals surface area contributed by atoms with Crippen LogP contribution >= 0.6 is 0 Å². The van der Waals surface area contributed by atoms with Gasteiger partial charge in [0, 0.05) is 18.3 Å². The zero-order chi connectivity index (χ0) is 17.5. The van der Waals surface area contributed by atoms with Crippen LogP contribution in [-0.4, -0.2) is 33.2 Å². The molecule has 138 valence electrons. The van der Waals surface area contributed by atoms with Crippen molar-refractivity contribution in [3.05, 3.63) is 0 Å². The Morgan fingerprint density at radius 3 is 1.96 bits per heavy atom. The molecule has 0 heterocycles. The molecule has 5 heteroatoms. The summed E-state index contributed by atoms with van der Waals surface area (Å²) in [6.45, 7) is 13.3. The molecule has 0 bridgehead atoms. The summed E-state index contributed by atoms with van der Waals surface area (Å²) < 4.78 is 19.4. The molecule has 4 nitrogen and oxygen atoms in total. The maximum atomic E-state index is 6.73. The van der Waals surface area contributed by atoms with Gasteiger partial charge < -0.3 is 19.0 Å². The van der Waals surface area contributed by atoms with Crippen LogP contribution in [0.15, 0.2) is 0 Å². The van der Waals surface area contributed by atoms with Crippen molar-refractivity contribution in [3.63, 3.8) is 0 Å². The van der Waals surface area contributed by atoms with Gasteiger partial charge in [-0.1, -0.05) is 19.3 Å². The predicted octanol–water partition coefficient (Wildman–Crippen LogP) is 4.50. The molecule has 1 saturated carbocycles. The van der Waals surface area contributed by atoms with Crippen molar-refractivity contribution >= 4 is 8.80 Å². The Balaban J connectivity index is 2.94.